The second-order valence-corrected chi connectivity index (χ2v) is 5.90. The third-order valence-electron chi connectivity index (χ3n) is 4.26. The number of allylic oxidation sites excluding steroid dienone is 2. The van der Waals surface area contributed by atoms with E-state index in [1.165, 1.54) is 0 Å². The number of oxime groups is 1. The maximum absolute atomic E-state index is 9.58. The number of aromatic nitrogens is 1. The third-order valence-corrected chi connectivity index (χ3v) is 4.26. The molecule has 4 N–H and O–H groups in total. The number of hydrogen-bond acceptors (Lipinski definition) is 3. The molecule has 24 heavy (non-hydrogen) atoms. The molecule has 2 aromatic rings. The summed E-state index contributed by atoms with van der Waals surface area (Å²) < 4.78 is 1.87. The van der Waals surface area contributed by atoms with E-state index in [-0.39, 0.29) is 11.6 Å². The van der Waals surface area contributed by atoms with Crippen LogP contribution in [-0.4, -0.2) is 20.7 Å². The summed E-state index contributed by atoms with van der Waals surface area (Å²) in [6.07, 6.45) is 1.75. The van der Waals surface area contributed by atoms with E-state index in [2.05, 4.69) is 11.7 Å². The van der Waals surface area contributed by atoms with Crippen LogP contribution >= 0.6 is 0 Å². The highest BCUT2D eigenvalue weighted by Gasteiger charge is 2.24. The van der Waals surface area contributed by atoms with Gasteiger partial charge in [-0.3, -0.25) is 0 Å². The van der Waals surface area contributed by atoms with Crippen LogP contribution in [0.4, 0.5) is 0 Å². The van der Waals surface area contributed by atoms with Crippen molar-refractivity contribution in [3.05, 3.63) is 53.4 Å². The summed E-state index contributed by atoms with van der Waals surface area (Å²) in [6.45, 7) is 9.96. The van der Waals surface area contributed by atoms with Crippen molar-refractivity contribution in [2.75, 3.05) is 0 Å². The zero-order chi connectivity index (χ0) is 18.0. The molecule has 0 aliphatic carbocycles. The van der Waals surface area contributed by atoms with Crippen LogP contribution in [-0.2, 0) is 7.05 Å². The number of rotatable bonds is 4. The monoisotopic (exact) mass is 325 g/mol. The molecule has 1 aromatic carbocycles. The van der Waals surface area contributed by atoms with Gasteiger partial charge in [-0.2, -0.15) is 0 Å². The Labute approximate surface area is 142 Å². The lowest BCUT2D eigenvalue weighted by molar-refractivity contribution is 0.318. The van der Waals surface area contributed by atoms with Crippen molar-refractivity contribution in [1.82, 2.24) is 4.57 Å². The Morgan fingerprint density at radius 3 is 2.25 bits per heavy atom. The fourth-order valence-electron chi connectivity index (χ4n) is 2.82. The van der Waals surface area contributed by atoms with Crippen molar-refractivity contribution in [3.8, 4) is 16.9 Å². The van der Waals surface area contributed by atoms with Crippen molar-refractivity contribution in [2.24, 2.45) is 17.9 Å². The zero-order valence-corrected chi connectivity index (χ0v) is 14.5. The summed E-state index contributed by atoms with van der Waals surface area (Å²) in [4.78, 5) is 0. The van der Waals surface area contributed by atoms with Crippen molar-refractivity contribution >= 4 is 17.5 Å². The number of phenolic OH excluding ortho intramolecular Hbond substituents is 1. The Kier molecular flexibility index (Phi) is 4.83. The molecule has 0 radical (unpaired) electrons. The number of phenols is 1. The molecule has 0 saturated carbocycles. The summed E-state index contributed by atoms with van der Waals surface area (Å²) in [5.74, 6) is 0.244. The molecule has 2 rings (SSSR count). The average Bonchev–Trinajstić information content (AvgIpc) is 2.86. The lowest BCUT2D eigenvalue weighted by Crippen LogP contribution is -2.19. The first-order valence-electron chi connectivity index (χ1n) is 7.60. The molecule has 0 aliphatic heterocycles. The molecule has 0 fully saturated rings. The molecule has 0 amide bonds. The standard InChI is InChI=1S/C19H23N3O2/c1-6-15-17(13-7-9-14(23)10-8-13)16(12(4)11(2)3)18(22(15)5)19(20)21-24/h6-10,23-24H,1H2,2-5H3,(H2,20,21). The molecule has 0 saturated heterocycles. The van der Waals surface area contributed by atoms with Gasteiger partial charge in [-0.05, 0) is 50.1 Å². The third kappa shape index (κ3) is 2.80. The zero-order valence-electron chi connectivity index (χ0n) is 14.5. The molecular weight excluding hydrogens is 302 g/mol. The Bertz CT molecular complexity index is 836. The second kappa shape index (κ2) is 6.66. The fraction of sp³-hybridized carbons (Fsp3) is 0.211. The predicted octanol–water partition coefficient (Wildman–Crippen LogP) is 3.95. The maximum Gasteiger partial charge on any atom is 0.187 e. The lowest BCUT2D eigenvalue weighted by atomic mass is 9.93. The van der Waals surface area contributed by atoms with Gasteiger partial charge < -0.3 is 20.6 Å². The first-order chi connectivity index (χ1) is 11.3. The van der Waals surface area contributed by atoms with E-state index in [0.29, 0.717) is 5.69 Å². The molecule has 5 nitrogen and oxygen atoms in total. The summed E-state index contributed by atoms with van der Waals surface area (Å²) in [6, 6.07) is 6.96. The minimum atomic E-state index is 0.0428. The van der Waals surface area contributed by atoms with Gasteiger partial charge in [-0.15, -0.1) is 0 Å². The number of benzene rings is 1. The largest absolute Gasteiger partial charge is 0.508 e. The van der Waals surface area contributed by atoms with E-state index in [4.69, 9.17) is 5.73 Å². The van der Waals surface area contributed by atoms with E-state index in [1.54, 1.807) is 18.2 Å². The van der Waals surface area contributed by atoms with Crippen LogP contribution in [0.15, 0.2) is 41.6 Å². The van der Waals surface area contributed by atoms with E-state index in [0.717, 1.165) is 33.5 Å². The molecule has 0 atom stereocenters. The highest BCUT2D eigenvalue weighted by molar-refractivity contribution is 6.05. The quantitative estimate of drug-likeness (QED) is 0.344. The normalized spacial score (nSPS) is 11.4. The second-order valence-electron chi connectivity index (χ2n) is 5.90. The molecule has 1 aromatic heterocycles. The number of nitrogens with two attached hydrogens (primary N) is 1. The number of aromatic hydroxyl groups is 1. The molecule has 126 valence electrons. The van der Waals surface area contributed by atoms with Gasteiger partial charge in [0.05, 0.1) is 5.69 Å². The Hall–Kier alpha value is -2.95. The van der Waals surface area contributed by atoms with Gasteiger partial charge in [0, 0.05) is 23.9 Å². The molecule has 0 spiro atoms. The van der Waals surface area contributed by atoms with E-state index >= 15 is 0 Å². The minimum Gasteiger partial charge on any atom is -0.508 e. The first-order valence-corrected chi connectivity index (χ1v) is 7.60. The lowest BCUT2D eigenvalue weighted by Gasteiger charge is -2.11. The highest BCUT2D eigenvalue weighted by Crippen LogP contribution is 2.38. The van der Waals surface area contributed by atoms with Crippen molar-refractivity contribution in [3.63, 3.8) is 0 Å². The van der Waals surface area contributed by atoms with Crippen LogP contribution in [0.2, 0.25) is 0 Å². The van der Waals surface area contributed by atoms with Crippen LogP contribution in [0, 0.1) is 0 Å². The van der Waals surface area contributed by atoms with Gasteiger partial charge in [-0.25, -0.2) is 0 Å². The van der Waals surface area contributed by atoms with E-state index in [9.17, 15) is 10.3 Å². The molecule has 0 unspecified atom stereocenters. The summed E-state index contributed by atoms with van der Waals surface area (Å²) in [7, 11) is 1.86. The van der Waals surface area contributed by atoms with E-state index in [1.807, 2.05) is 44.5 Å². The van der Waals surface area contributed by atoms with Gasteiger partial charge >= 0.3 is 0 Å². The highest BCUT2D eigenvalue weighted by atomic mass is 16.4. The van der Waals surface area contributed by atoms with Crippen molar-refractivity contribution in [1.29, 1.82) is 0 Å². The van der Waals surface area contributed by atoms with E-state index < -0.39 is 0 Å². The smallest absolute Gasteiger partial charge is 0.187 e. The average molecular weight is 325 g/mol. The van der Waals surface area contributed by atoms with Crippen LogP contribution < -0.4 is 5.73 Å². The minimum absolute atomic E-state index is 0.0428. The fourth-order valence-corrected chi connectivity index (χ4v) is 2.82. The molecule has 0 bridgehead atoms. The number of hydrogen-bond donors (Lipinski definition) is 3. The van der Waals surface area contributed by atoms with Gasteiger partial charge in [-0.1, -0.05) is 29.4 Å². The predicted molar refractivity (Wildman–Crippen MR) is 99.1 cm³/mol. The molecule has 5 heteroatoms. The van der Waals surface area contributed by atoms with Crippen molar-refractivity contribution < 1.29 is 10.3 Å². The van der Waals surface area contributed by atoms with Crippen LogP contribution in [0.5, 0.6) is 5.75 Å². The van der Waals surface area contributed by atoms with Crippen LogP contribution in [0.3, 0.4) is 0 Å². The number of amidine groups is 1. The van der Waals surface area contributed by atoms with Crippen molar-refractivity contribution in [2.45, 2.75) is 20.8 Å². The Morgan fingerprint density at radius 1 is 1.21 bits per heavy atom. The van der Waals surface area contributed by atoms with Crippen LogP contribution in [0.25, 0.3) is 22.8 Å². The van der Waals surface area contributed by atoms with Crippen LogP contribution in [0.1, 0.15) is 37.7 Å². The van der Waals surface area contributed by atoms with Gasteiger partial charge in [0.15, 0.2) is 5.84 Å². The Morgan fingerprint density at radius 2 is 1.79 bits per heavy atom. The topological polar surface area (TPSA) is 83.8 Å². The first kappa shape index (κ1) is 17.4. The van der Waals surface area contributed by atoms with Gasteiger partial charge in [0.25, 0.3) is 0 Å². The molecule has 1 heterocycles. The SMILES string of the molecule is C=Cc1c(-c2ccc(O)cc2)c(C(C)=C(C)C)c(C(N)=NO)n1C. The summed E-state index contributed by atoms with van der Waals surface area (Å²) in [5, 5.41) is 22.0. The van der Waals surface area contributed by atoms with Gasteiger partial charge in [0.2, 0.25) is 0 Å². The molecule has 0 aliphatic rings. The Balaban J connectivity index is 2.99. The maximum atomic E-state index is 9.58. The summed E-state index contributed by atoms with van der Waals surface area (Å²) >= 11 is 0. The summed E-state index contributed by atoms with van der Waals surface area (Å²) in [5.41, 5.74) is 12.4. The van der Waals surface area contributed by atoms with Gasteiger partial charge in [0.1, 0.15) is 5.75 Å². The number of nitrogens with zero attached hydrogens (tertiary/aromatic N) is 2. The molecular formula is C19H23N3O2.